The molecule has 1 aliphatic rings. The molecule has 5 aromatic rings. The SMILES string of the molecule is CC1SC(C)c2ccccc21.Cc1sc(C)c2ccccc12.O=S(=O)(Cl)Cl.c1ccc2cscc2c1. The minimum Gasteiger partial charge on any atom is -0.195 e. The van der Waals surface area contributed by atoms with Gasteiger partial charge in [-0.05, 0) is 71.1 Å². The van der Waals surface area contributed by atoms with Crippen LogP contribution in [0, 0.1) is 13.8 Å². The lowest BCUT2D eigenvalue weighted by molar-refractivity contribution is 0.621. The molecule has 0 aliphatic carbocycles. The average Bonchev–Trinajstić information content (AvgIpc) is 3.51. The molecular weight excluding hydrogens is 567 g/mol. The summed E-state index contributed by atoms with van der Waals surface area (Å²) in [5, 5.41) is 11.2. The molecule has 0 N–H and O–H groups in total. The number of fused-ring (bicyclic) bond motifs is 3. The lowest BCUT2D eigenvalue weighted by Gasteiger charge is -2.00. The topological polar surface area (TPSA) is 34.1 Å². The van der Waals surface area contributed by atoms with Crippen LogP contribution in [-0.4, -0.2) is 8.42 Å². The zero-order chi connectivity index (χ0) is 26.3. The van der Waals surface area contributed by atoms with Crippen LogP contribution in [0.4, 0.5) is 0 Å². The van der Waals surface area contributed by atoms with E-state index in [0.717, 1.165) is 0 Å². The predicted molar refractivity (Wildman–Crippen MR) is 165 cm³/mol. The lowest BCUT2D eigenvalue weighted by atomic mass is 10.0. The molecule has 0 bridgehead atoms. The first-order valence-electron chi connectivity index (χ1n) is 11.3. The molecule has 6 rings (SSSR count). The van der Waals surface area contributed by atoms with E-state index in [1.807, 2.05) is 23.1 Å². The van der Waals surface area contributed by atoms with Crippen molar-refractivity contribution in [1.82, 2.24) is 0 Å². The number of aryl methyl sites for hydroxylation is 2. The Balaban J connectivity index is 0.000000139. The van der Waals surface area contributed by atoms with Gasteiger partial charge in [-0.2, -0.15) is 19.8 Å². The average molecular weight is 596 g/mol. The summed E-state index contributed by atoms with van der Waals surface area (Å²) in [5.74, 6) is 0. The minimum atomic E-state index is -3.72. The standard InChI is InChI=1S/C10H12S.C10H10S.C8H6S.Cl2O2S/c2*1-7-9-5-3-4-6-10(9)8(2)11-7;1-2-4-8-6-9-5-7(8)3-1;1-5(2,3)4/h3-8H,1-2H3;3-6H,1-2H3;1-6H;. The molecule has 190 valence electrons. The van der Waals surface area contributed by atoms with Crippen molar-refractivity contribution in [3.05, 3.63) is 104 Å². The van der Waals surface area contributed by atoms with E-state index in [2.05, 4.69) is 133 Å². The van der Waals surface area contributed by atoms with Gasteiger partial charge in [0.2, 0.25) is 0 Å². The van der Waals surface area contributed by atoms with Gasteiger partial charge < -0.3 is 0 Å². The predicted octanol–water partition coefficient (Wildman–Crippen LogP) is 10.7. The molecule has 1 aliphatic heterocycles. The Morgan fingerprint density at radius 1 is 0.667 bits per heavy atom. The molecule has 36 heavy (non-hydrogen) atoms. The fourth-order valence-electron chi connectivity index (χ4n) is 4.05. The summed E-state index contributed by atoms with van der Waals surface area (Å²) in [6.45, 7) is 8.93. The number of thiophene rings is 2. The molecule has 0 saturated carbocycles. The van der Waals surface area contributed by atoms with Crippen LogP contribution in [0.3, 0.4) is 0 Å². The van der Waals surface area contributed by atoms with Crippen molar-refractivity contribution in [3.63, 3.8) is 0 Å². The van der Waals surface area contributed by atoms with Crippen molar-refractivity contribution >= 4 is 85.6 Å². The molecule has 0 saturated heterocycles. The van der Waals surface area contributed by atoms with Crippen molar-refractivity contribution in [1.29, 1.82) is 0 Å². The highest BCUT2D eigenvalue weighted by molar-refractivity contribution is 8.31. The van der Waals surface area contributed by atoms with Gasteiger partial charge in [0.05, 0.1) is 0 Å². The second-order valence-electron chi connectivity index (χ2n) is 8.19. The quantitative estimate of drug-likeness (QED) is 0.167. The number of halogens is 2. The Morgan fingerprint density at radius 2 is 1.03 bits per heavy atom. The minimum absolute atomic E-state index is 0.696. The van der Waals surface area contributed by atoms with Crippen LogP contribution in [0.2, 0.25) is 0 Å². The van der Waals surface area contributed by atoms with Crippen molar-refractivity contribution < 1.29 is 8.42 Å². The van der Waals surface area contributed by atoms with Gasteiger partial charge in [-0.3, -0.25) is 0 Å². The Kier molecular flexibility index (Phi) is 10.7. The normalized spacial score (nSPS) is 16.2. The highest BCUT2D eigenvalue weighted by Gasteiger charge is 2.24. The van der Waals surface area contributed by atoms with Crippen LogP contribution in [0.1, 0.15) is 45.2 Å². The van der Waals surface area contributed by atoms with E-state index in [0.29, 0.717) is 10.5 Å². The monoisotopic (exact) mass is 594 g/mol. The van der Waals surface area contributed by atoms with Crippen LogP contribution in [0.15, 0.2) is 83.6 Å². The fourth-order valence-corrected chi connectivity index (χ4v) is 7.21. The highest BCUT2D eigenvalue weighted by Crippen LogP contribution is 2.49. The molecule has 0 fully saturated rings. The van der Waals surface area contributed by atoms with Crippen molar-refractivity contribution in [2.24, 2.45) is 0 Å². The summed E-state index contributed by atoms with van der Waals surface area (Å²) in [7, 11) is 4.81. The fraction of sp³-hybridized carbons (Fsp3) is 0.214. The number of thioether (sulfide) groups is 1. The first-order chi connectivity index (χ1) is 17.0. The number of hydrogen-bond acceptors (Lipinski definition) is 5. The Morgan fingerprint density at radius 3 is 1.44 bits per heavy atom. The summed E-state index contributed by atoms with van der Waals surface area (Å²) in [4.78, 5) is 2.86. The van der Waals surface area contributed by atoms with E-state index in [-0.39, 0.29) is 0 Å². The van der Waals surface area contributed by atoms with Crippen LogP contribution in [0.25, 0.3) is 21.5 Å². The number of rotatable bonds is 0. The summed E-state index contributed by atoms with van der Waals surface area (Å²) >= 11 is 5.68. The van der Waals surface area contributed by atoms with Crippen LogP contribution in [-0.2, 0) is 8.26 Å². The van der Waals surface area contributed by atoms with E-state index in [9.17, 15) is 0 Å². The van der Waals surface area contributed by atoms with Crippen LogP contribution in [0.5, 0.6) is 0 Å². The molecule has 2 atom stereocenters. The third kappa shape index (κ3) is 8.51. The van der Waals surface area contributed by atoms with Crippen molar-refractivity contribution in [2.75, 3.05) is 0 Å². The zero-order valence-electron chi connectivity index (χ0n) is 20.4. The van der Waals surface area contributed by atoms with Crippen LogP contribution >= 0.6 is 55.8 Å². The molecule has 3 heterocycles. The highest BCUT2D eigenvalue weighted by atomic mass is 36.0. The molecular formula is C28H28Cl2O2S4. The van der Waals surface area contributed by atoms with Gasteiger partial charge >= 0.3 is 8.26 Å². The number of hydrogen-bond donors (Lipinski definition) is 0. The van der Waals surface area contributed by atoms with Gasteiger partial charge in [0.1, 0.15) is 0 Å². The molecule has 0 spiro atoms. The van der Waals surface area contributed by atoms with Crippen molar-refractivity contribution in [3.8, 4) is 0 Å². The summed E-state index contributed by atoms with van der Waals surface area (Å²) in [6, 6.07) is 25.7. The molecule has 2 unspecified atom stereocenters. The van der Waals surface area contributed by atoms with Gasteiger partial charge in [-0.1, -0.05) is 72.8 Å². The maximum Gasteiger partial charge on any atom is 0.317 e. The van der Waals surface area contributed by atoms with E-state index in [4.69, 9.17) is 8.42 Å². The zero-order valence-corrected chi connectivity index (χ0v) is 25.2. The third-order valence-corrected chi connectivity index (χ3v) is 8.81. The maximum absolute atomic E-state index is 9.16. The van der Waals surface area contributed by atoms with E-state index < -0.39 is 8.26 Å². The first kappa shape index (κ1) is 29.0. The van der Waals surface area contributed by atoms with Crippen molar-refractivity contribution in [2.45, 2.75) is 38.2 Å². The smallest absolute Gasteiger partial charge is 0.195 e. The van der Waals surface area contributed by atoms with Gasteiger partial charge in [0.25, 0.3) is 0 Å². The van der Waals surface area contributed by atoms with E-state index >= 15 is 0 Å². The summed E-state index contributed by atoms with van der Waals surface area (Å²) in [6.07, 6.45) is 0. The molecule has 3 aromatic carbocycles. The van der Waals surface area contributed by atoms with Gasteiger partial charge in [-0.25, -0.2) is 0 Å². The second-order valence-corrected chi connectivity index (χ2v) is 15.7. The molecule has 2 nitrogen and oxygen atoms in total. The largest absolute Gasteiger partial charge is 0.317 e. The second kappa shape index (κ2) is 13.3. The van der Waals surface area contributed by atoms with Crippen LogP contribution < -0.4 is 0 Å². The Hall–Kier alpha value is -1.54. The molecule has 0 amide bonds. The summed E-state index contributed by atoms with van der Waals surface area (Å²) < 4.78 is 18.3. The Labute approximate surface area is 235 Å². The maximum atomic E-state index is 9.16. The Bertz CT molecular complexity index is 1420. The van der Waals surface area contributed by atoms with Gasteiger partial charge in [0.15, 0.2) is 0 Å². The van der Waals surface area contributed by atoms with E-state index in [1.165, 1.54) is 42.4 Å². The van der Waals surface area contributed by atoms with Gasteiger partial charge in [-0.15, -0.1) is 23.1 Å². The molecule has 0 radical (unpaired) electrons. The number of benzene rings is 3. The third-order valence-electron chi connectivity index (χ3n) is 5.66. The first-order valence-corrected chi connectivity index (χ1v) is 17.1. The molecule has 8 heteroatoms. The van der Waals surface area contributed by atoms with E-state index in [1.54, 1.807) is 11.3 Å². The van der Waals surface area contributed by atoms with Gasteiger partial charge in [0, 0.05) is 41.6 Å². The summed E-state index contributed by atoms with van der Waals surface area (Å²) in [5.41, 5.74) is 3.06. The molecule has 2 aromatic heterocycles. The lowest BCUT2D eigenvalue weighted by Crippen LogP contribution is -1.84.